The van der Waals surface area contributed by atoms with E-state index in [1.165, 1.54) is 25.3 Å². The summed E-state index contributed by atoms with van der Waals surface area (Å²) in [5.41, 5.74) is 0.872. The summed E-state index contributed by atoms with van der Waals surface area (Å²) in [4.78, 5) is 4.26. The van der Waals surface area contributed by atoms with E-state index in [-0.39, 0.29) is 16.8 Å². The fourth-order valence-electron chi connectivity index (χ4n) is 3.42. The molecule has 0 aliphatic heterocycles. The van der Waals surface area contributed by atoms with Crippen LogP contribution >= 0.6 is 11.6 Å². The van der Waals surface area contributed by atoms with Gasteiger partial charge in [0.25, 0.3) is 0 Å². The van der Waals surface area contributed by atoms with Gasteiger partial charge in [-0.2, -0.15) is 0 Å². The normalized spacial score (nSPS) is 18.3. The minimum Gasteiger partial charge on any atom is -0.326 e. The van der Waals surface area contributed by atoms with E-state index in [1.807, 2.05) is 4.57 Å². The zero-order valence-electron chi connectivity index (χ0n) is 12.1. The topological polar surface area (TPSA) is 17.8 Å². The highest BCUT2D eigenvalue weighted by atomic mass is 35.5. The number of nitrogens with zero attached hydrogens (tertiary/aromatic N) is 2. The number of imidazole rings is 1. The predicted molar refractivity (Wildman–Crippen MR) is 80.4 cm³/mol. The van der Waals surface area contributed by atoms with E-state index >= 15 is 0 Å². The molecule has 0 unspecified atom stereocenters. The van der Waals surface area contributed by atoms with Crippen molar-refractivity contribution in [2.45, 2.75) is 51.5 Å². The van der Waals surface area contributed by atoms with Crippen LogP contribution in [0.1, 0.15) is 44.9 Å². The van der Waals surface area contributed by atoms with Crippen molar-refractivity contribution in [2.24, 2.45) is 5.41 Å². The lowest BCUT2D eigenvalue weighted by Crippen LogP contribution is -2.26. The maximum Gasteiger partial charge on any atom is 0.153 e. The van der Waals surface area contributed by atoms with Crippen molar-refractivity contribution in [1.82, 2.24) is 9.55 Å². The van der Waals surface area contributed by atoms with E-state index < -0.39 is 11.6 Å². The van der Waals surface area contributed by atoms with Crippen molar-refractivity contribution in [3.8, 4) is 0 Å². The molecule has 21 heavy (non-hydrogen) atoms. The first-order chi connectivity index (χ1) is 10.0. The number of hydrogen-bond acceptors (Lipinski definition) is 1. The fourth-order valence-corrected chi connectivity index (χ4v) is 3.62. The molecule has 2 aromatic rings. The van der Waals surface area contributed by atoms with Crippen LogP contribution in [0.15, 0.2) is 12.1 Å². The molecule has 0 radical (unpaired) electrons. The van der Waals surface area contributed by atoms with E-state index in [9.17, 15) is 8.78 Å². The number of halogens is 3. The van der Waals surface area contributed by atoms with E-state index in [1.54, 1.807) is 0 Å². The summed E-state index contributed by atoms with van der Waals surface area (Å²) in [5, 5.41) is 0. The highest BCUT2D eigenvalue weighted by molar-refractivity contribution is 6.16. The third kappa shape index (κ3) is 2.78. The molecule has 0 amide bonds. The van der Waals surface area contributed by atoms with Gasteiger partial charge in [0, 0.05) is 12.6 Å². The zero-order chi connectivity index (χ0) is 15.0. The molecule has 5 heteroatoms. The molecule has 0 saturated heterocycles. The summed E-state index contributed by atoms with van der Waals surface area (Å²) in [5.74, 6) is -0.380. The Morgan fingerprint density at radius 1 is 1.24 bits per heavy atom. The first-order valence-electron chi connectivity index (χ1n) is 7.42. The van der Waals surface area contributed by atoms with Crippen LogP contribution in [0.4, 0.5) is 8.78 Å². The standard InChI is InChI=1S/C16H19ClF2N2/c1-16(5-3-2-4-6-16)10-21-13-8-11(18)7-12(19)15(13)20-14(21)9-17/h7-8H,2-6,9-10H2,1H3. The van der Waals surface area contributed by atoms with Gasteiger partial charge in [0.05, 0.1) is 11.4 Å². The van der Waals surface area contributed by atoms with E-state index in [2.05, 4.69) is 11.9 Å². The lowest BCUT2D eigenvalue weighted by Gasteiger charge is -2.34. The van der Waals surface area contributed by atoms with Crippen LogP contribution in [0.2, 0.25) is 0 Å². The van der Waals surface area contributed by atoms with Crippen molar-refractivity contribution in [1.29, 1.82) is 0 Å². The molecule has 1 fully saturated rings. The number of alkyl halides is 1. The Kier molecular flexibility index (Phi) is 3.91. The van der Waals surface area contributed by atoms with E-state index in [0.29, 0.717) is 17.9 Å². The van der Waals surface area contributed by atoms with Crippen molar-refractivity contribution < 1.29 is 8.78 Å². The zero-order valence-corrected chi connectivity index (χ0v) is 12.9. The minimum atomic E-state index is -0.621. The number of aromatic nitrogens is 2. The first-order valence-corrected chi connectivity index (χ1v) is 7.96. The van der Waals surface area contributed by atoms with E-state index in [0.717, 1.165) is 18.9 Å². The van der Waals surface area contributed by atoms with Gasteiger partial charge >= 0.3 is 0 Å². The van der Waals surface area contributed by atoms with E-state index in [4.69, 9.17) is 11.6 Å². The Balaban J connectivity index is 2.07. The molecule has 1 aliphatic carbocycles. The van der Waals surface area contributed by atoms with Gasteiger partial charge in [-0.3, -0.25) is 0 Å². The second kappa shape index (κ2) is 5.56. The monoisotopic (exact) mass is 312 g/mol. The molecule has 0 atom stereocenters. The highest BCUT2D eigenvalue weighted by Crippen LogP contribution is 2.38. The quantitative estimate of drug-likeness (QED) is 0.727. The SMILES string of the molecule is CC1(Cn2c(CCl)nc3c(F)cc(F)cc32)CCCCC1. The Morgan fingerprint density at radius 2 is 1.95 bits per heavy atom. The van der Waals surface area contributed by atoms with Crippen molar-refractivity contribution >= 4 is 22.6 Å². The Bertz CT molecular complexity index is 660. The highest BCUT2D eigenvalue weighted by Gasteiger charge is 2.29. The molecule has 114 valence electrons. The Morgan fingerprint density at radius 3 is 2.62 bits per heavy atom. The molecule has 1 aromatic carbocycles. The maximum absolute atomic E-state index is 13.9. The molecule has 1 heterocycles. The number of hydrogen-bond donors (Lipinski definition) is 0. The van der Waals surface area contributed by atoms with Gasteiger partial charge in [-0.15, -0.1) is 11.6 Å². The molecule has 1 aliphatic rings. The van der Waals surface area contributed by atoms with Gasteiger partial charge in [0.15, 0.2) is 5.82 Å². The molecular formula is C16H19ClF2N2. The molecule has 1 saturated carbocycles. The van der Waals surface area contributed by atoms with Crippen LogP contribution in [0.5, 0.6) is 0 Å². The minimum absolute atomic E-state index is 0.148. The lowest BCUT2D eigenvalue weighted by atomic mass is 9.75. The largest absolute Gasteiger partial charge is 0.326 e. The first kappa shape index (κ1) is 14.8. The van der Waals surface area contributed by atoms with Gasteiger partial charge in [-0.05, 0) is 24.3 Å². The van der Waals surface area contributed by atoms with Crippen LogP contribution in [0.3, 0.4) is 0 Å². The fraction of sp³-hybridized carbons (Fsp3) is 0.562. The molecule has 0 spiro atoms. The van der Waals surface area contributed by atoms with Gasteiger partial charge < -0.3 is 4.57 Å². The molecular weight excluding hydrogens is 294 g/mol. The van der Waals surface area contributed by atoms with Crippen LogP contribution in [-0.4, -0.2) is 9.55 Å². The molecule has 0 N–H and O–H groups in total. The second-order valence-electron chi connectivity index (χ2n) is 6.37. The molecule has 3 rings (SSSR count). The van der Waals surface area contributed by atoms with Crippen LogP contribution in [0.25, 0.3) is 11.0 Å². The third-order valence-electron chi connectivity index (χ3n) is 4.57. The molecule has 1 aromatic heterocycles. The predicted octanol–water partition coefficient (Wildman–Crippen LogP) is 5.02. The van der Waals surface area contributed by atoms with Gasteiger partial charge in [-0.1, -0.05) is 26.2 Å². The average molecular weight is 313 g/mol. The third-order valence-corrected chi connectivity index (χ3v) is 4.81. The number of rotatable bonds is 3. The lowest BCUT2D eigenvalue weighted by molar-refractivity contribution is 0.184. The second-order valence-corrected chi connectivity index (χ2v) is 6.64. The van der Waals surface area contributed by atoms with Crippen molar-refractivity contribution in [3.63, 3.8) is 0 Å². The van der Waals surface area contributed by atoms with Crippen molar-refractivity contribution in [2.75, 3.05) is 0 Å². The summed E-state index contributed by atoms with van der Waals surface area (Å²) >= 11 is 5.96. The summed E-state index contributed by atoms with van der Waals surface area (Å²) in [7, 11) is 0. The van der Waals surface area contributed by atoms with Crippen LogP contribution < -0.4 is 0 Å². The summed E-state index contributed by atoms with van der Waals surface area (Å²) in [6, 6.07) is 2.23. The summed E-state index contributed by atoms with van der Waals surface area (Å²) in [6.45, 7) is 2.96. The number of fused-ring (bicyclic) bond motifs is 1. The molecule has 0 bridgehead atoms. The van der Waals surface area contributed by atoms with Gasteiger partial charge in [0.2, 0.25) is 0 Å². The smallest absolute Gasteiger partial charge is 0.153 e. The average Bonchev–Trinajstić information content (AvgIpc) is 2.77. The Hall–Kier alpha value is -1.16. The van der Waals surface area contributed by atoms with Crippen LogP contribution in [-0.2, 0) is 12.4 Å². The Labute approximate surface area is 128 Å². The van der Waals surface area contributed by atoms with Gasteiger partial charge in [0.1, 0.15) is 17.2 Å². The van der Waals surface area contributed by atoms with Gasteiger partial charge in [-0.25, -0.2) is 13.8 Å². The summed E-state index contributed by atoms with van der Waals surface area (Å²) < 4.78 is 29.3. The maximum atomic E-state index is 13.9. The van der Waals surface area contributed by atoms with Crippen molar-refractivity contribution in [3.05, 3.63) is 29.6 Å². The number of benzene rings is 1. The van der Waals surface area contributed by atoms with Crippen LogP contribution in [0, 0.1) is 17.0 Å². The summed E-state index contributed by atoms with van der Waals surface area (Å²) in [6.07, 6.45) is 5.95. The molecule has 2 nitrogen and oxygen atoms in total.